The number of amides is 2. The number of rotatable bonds is 6. The second kappa shape index (κ2) is 11.3. The third kappa shape index (κ3) is 5.97. The Morgan fingerprint density at radius 2 is 1.75 bits per heavy atom. The molecule has 0 bridgehead atoms. The molecular weight excluding hydrogens is 545 g/mol. The van der Waals surface area contributed by atoms with Gasteiger partial charge in [-0.25, -0.2) is 4.68 Å². The number of nitrogens with zero attached hydrogens (tertiary/aromatic N) is 2. The molecule has 3 aromatic carbocycles. The number of anilines is 1. The quantitative estimate of drug-likeness (QED) is 0.260. The number of aromatic nitrogens is 2. The van der Waals surface area contributed by atoms with Crippen LogP contribution in [-0.2, 0) is 17.5 Å². The molecule has 3 N–H and O–H groups in total. The Morgan fingerprint density at radius 3 is 2.45 bits per heavy atom. The predicted molar refractivity (Wildman–Crippen MR) is 145 cm³/mol. The van der Waals surface area contributed by atoms with E-state index in [2.05, 4.69) is 15.7 Å². The van der Waals surface area contributed by atoms with Gasteiger partial charge < -0.3 is 15.7 Å². The highest BCUT2D eigenvalue weighted by atomic mass is 35.5. The van der Waals surface area contributed by atoms with Crippen LogP contribution in [0.3, 0.4) is 0 Å². The number of aliphatic hydroxyl groups excluding tert-OH is 1. The first-order valence-electron chi connectivity index (χ1n) is 12.8. The molecular formula is C29H26ClF3N4O3. The Hall–Kier alpha value is -3.89. The van der Waals surface area contributed by atoms with Crippen molar-refractivity contribution in [3.8, 4) is 5.69 Å². The van der Waals surface area contributed by atoms with E-state index in [4.69, 9.17) is 11.6 Å². The summed E-state index contributed by atoms with van der Waals surface area (Å²) in [4.78, 5) is 25.8. The monoisotopic (exact) mass is 570 g/mol. The largest absolute Gasteiger partial charge is 0.416 e. The van der Waals surface area contributed by atoms with Gasteiger partial charge in [-0.15, -0.1) is 0 Å². The number of benzene rings is 3. The summed E-state index contributed by atoms with van der Waals surface area (Å²) in [6.07, 6.45) is -0.748. The Labute approximate surface area is 232 Å². The molecule has 1 aliphatic carbocycles. The number of halogens is 4. The van der Waals surface area contributed by atoms with Crippen molar-refractivity contribution in [2.45, 2.75) is 44.5 Å². The fraction of sp³-hybridized carbons (Fsp3) is 0.276. The van der Waals surface area contributed by atoms with Gasteiger partial charge in [0.25, 0.3) is 5.91 Å². The van der Waals surface area contributed by atoms with Crippen LogP contribution in [0.4, 0.5) is 18.9 Å². The molecule has 4 aromatic rings. The van der Waals surface area contributed by atoms with Crippen molar-refractivity contribution in [3.63, 3.8) is 0 Å². The summed E-state index contributed by atoms with van der Waals surface area (Å²) in [5.41, 5.74) is 1.65. The molecule has 1 fully saturated rings. The molecule has 2 amide bonds. The lowest BCUT2D eigenvalue weighted by atomic mass is 9.87. The van der Waals surface area contributed by atoms with E-state index in [1.54, 1.807) is 36.4 Å². The molecule has 11 heteroatoms. The lowest BCUT2D eigenvalue weighted by Gasteiger charge is -2.24. The predicted octanol–water partition coefficient (Wildman–Crippen LogP) is 6.12. The Bertz CT molecular complexity index is 1540. The number of carbonyl (C=O) groups is 2. The molecule has 5 rings (SSSR count). The molecule has 0 unspecified atom stereocenters. The molecule has 0 atom stereocenters. The topological polar surface area (TPSA) is 96.3 Å². The molecule has 1 aliphatic rings. The van der Waals surface area contributed by atoms with Gasteiger partial charge >= 0.3 is 6.18 Å². The highest BCUT2D eigenvalue weighted by Crippen LogP contribution is 2.31. The van der Waals surface area contributed by atoms with Gasteiger partial charge in [0.05, 0.1) is 45.3 Å². The maximum absolute atomic E-state index is 13.2. The first-order valence-corrected chi connectivity index (χ1v) is 13.2. The van der Waals surface area contributed by atoms with Crippen LogP contribution in [0, 0.1) is 5.92 Å². The minimum atomic E-state index is -4.44. The molecule has 1 saturated carbocycles. The van der Waals surface area contributed by atoms with Gasteiger partial charge in [0.15, 0.2) is 0 Å². The van der Waals surface area contributed by atoms with E-state index >= 15 is 0 Å². The average Bonchev–Trinajstić information content (AvgIpc) is 3.37. The van der Waals surface area contributed by atoms with Crippen LogP contribution in [-0.4, -0.2) is 32.8 Å². The van der Waals surface area contributed by atoms with Crippen molar-refractivity contribution in [1.29, 1.82) is 0 Å². The Balaban J connectivity index is 1.31. The Morgan fingerprint density at radius 1 is 1.02 bits per heavy atom. The van der Waals surface area contributed by atoms with Crippen LogP contribution < -0.4 is 10.6 Å². The van der Waals surface area contributed by atoms with Crippen LogP contribution >= 0.6 is 11.6 Å². The molecule has 0 spiro atoms. The van der Waals surface area contributed by atoms with Crippen molar-refractivity contribution in [2.24, 2.45) is 5.92 Å². The summed E-state index contributed by atoms with van der Waals surface area (Å²) in [7, 11) is 0. The zero-order chi connectivity index (χ0) is 28.4. The zero-order valence-electron chi connectivity index (χ0n) is 21.2. The fourth-order valence-corrected chi connectivity index (χ4v) is 5.08. The Kier molecular flexibility index (Phi) is 7.82. The number of carbonyl (C=O) groups excluding carboxylic acids is 2. The first kappa shape index (κ1) is 27.7. The third-order valence-corrected chi connectivity index (χ3v) is 7.44. The highest BCUT2D eigenvalue weighted by Gasteiger charge is 2.30. The maximum Gasteiger partial charge on any atom is 0.416 e. The summed E-state index contributed by atoms with van der Waals surface area (Å²) in [5.74, 6) is -0.679. The van der Waals surface area contributed by atoms with Gasteiger partial charge in [-0.2, -0.15) is 18.3 Å². The van der Waals surface area contributed by atoms with E-state index < -0.39 is 17.6 Å². The van der Waals surface area contributed by atoms with Crippen molar-refractivity contribution in [1.82, 2.24) is 15.1 Å². The normalized spacial score (nSPS) is 17.5. The fourth-order valence-electron chi connectivity index (χ4n) is 4.87. The second-order valence-electron chi connectivity index (χ2n) is 9.83. The van der Waals surface area contributed by atoms with Gasteiger partial charge in [0.2, 0.25) is 5.91 Å². The van der Waals surface area contributed by atoms with Crippen molar-refractivity contribution in [3.05, 3.63) is 88.6 Å². The summed E-state index contributed by atoms with van der Waals surface area (Å²) in [5, 5.41) is 20.6. The van der Waals surface area contributed by atoms with E-state index in [1.807, 2.05) is 0 Å². The van der Waals surface area contributed by atoms with Crippen LogP contribution in [0.15, 0.2) is 66.9 Å². The van der Waals surface area contributed by atoms with E-state index in [0.29, 0.717) is 53.5 Å². The maximum atomic E-state index is 13.2. The number of hydrogen-bond donors (Lipinski definition) is 3. The number of fused-ring (bicyclic) bond motifs is 1. The molecule has 0 radical (unpaired) electrons. The minimum absolute atomic E-state index is 0.0791. The average molecular weight is 571 g/mol. The molecule has 1 heterocycles. The van der Waals surface area contributed by atoms with Gasteiger partial charge in [-0.1, -0.05) is 23.7 Å². The summed E-state index contributed by atoms with van der Waals surface area (Å²) in [6.45, 7) is 0.227. The van der Waals surface area contributed by atoms with Crippen LogP contribution in [0.2, 0.25) is 5.02 Å². The SMILES string of the molecule is O=C(Nc1cccc2c1cnn2-c1ccc(C(F)(F)F)cc1)c1cc(CNC(=O)[C@H]2CC[C@@H](O)CC2)ccc1Cl. The standard InChI is InChI=1S/C29H26ClF3N4O3/c30-24-13-4-17(15-34-27(39)18-5-11-21(38)12-6-18)14-22(24)28(40)36-25-2-1-3-26-23(25)16-35-37(26)20-9-7-19(8-10-20)29(31,32)33/h1-4,7-10,13-14,16,18,21,38H,5-6,11-12,15H2,(H,34,39)(H,36,40)/t18-,21+. The van der Waals surface area contributed by atoms with Gasteiger partial charge in [-0.05, 0) is 79.8 Å². The summed E-state index contributed by atoms with van der Waals surface area (Å²) >= 11 is 6.33. The van der Waals surface area contributed by atoms with E-state index in [1.165, 1.54) is 23.0 Å². The molecule has 0 saturated heterocycles. The highest BCUT2D eigenvalue weighted by molar-refractivity contribution is 6.34. The van der Waals surface area contributed by atoms with Crippen LogP contribution in [0.1, 0.15) is 47.2 Å². The van der Waals surface area contributed by atoms with E-state index in [-0.39, 0.29) is 35.1 Å². The van der Waals surface area contributed by atoms with Gasteiger partial charge in [-0.3, -0.25) is 9.59 Å². The lowest BCUT2D eigenvalue weighted by molar-refractivity contribution is -0.137. The van der Waals surface area contributed by atoms with Gasteiger partial charge in [0, 0.05) is 17.8 Å². The van der Waals surface area contributed by atoms with Crippen LogP contribution in [0.5, 0.6) is 0 Å². The number of aliphatic hydroxyl groups is 1. The smallest absolute Gasteiger partial charge is 0.393 e. The second-order valence-corrected chi connectivity index (χ2v) is 10.2. The molecule has 7 nitrogen and oxygen atoms in total. The van der Waals surface area contributed by atoms with Crippen molar-refractivity contribution in [2.75, 3.05) is 5.32 Å². The van der Waals surface area contributed by atoms with E-state index in [0.717, 1.165) is 12.1 Å². The molecule has 40 heavy (non-hydrogen) atoms. The first-order chi connectivity index (χ1) is 19.1. The number of alkyl halides is 3. The molecule has 208 valence electrons. The molecule has 0 aliphatic heterocycles. The summed E-state index contributed by atoms with van der Waals surface area (Å²) in [6, 6.07) is 14.8. The minimum Gasteiger partial charge on any atom is -0.393 e. The molecule has 1 aromatic heterocycles. The number of hydrogen-bond acceptors (Lipinski definition) is 4. The third-order valence-electron chi connectivity index (χ3n) is 7.11. The summed E-state index contributed by atoms with van der Waals surface area (Å²) < 4.78 is 40.4. The van der Waals surface area contributed by atoms with E-state index in [9.17, 15) is 27.9 Å². The zero-order valence-corrected chi connectivity index (χ0v) is 22.0. The van der Waals surface area contributed by atoms with Crippen LogP contribution in [0.25, 0.3) is 16.6 Å². The van der Waals surface area contributed by atoms with Gasteiger partial charge in [0.1, 0.15) is 0 Å². The van der Waals surface area contributed by atoms with Crippen molar-refractivity contribution < 1.29 is 27.9 Å². The van der Waals surface area contributed by atoms with Crippen molar-refractivity contribution >= 4 is 40.0 Å². The lowest BCUT2D eigenvalue weighted by Crippen LogP contribution is -2.33. The number of nitrogens with one attached hydrogen (secondary N) is 2.